The molecule has 0 heterocycles. The molecule has 0 saturated heterocycles. The molecule has 0 aliphatic carbocycles. The van der Waals surface area contributed by atoms with Gasteiger partial charge in [0.15, 0.2) is 0 Å². The zero-order valence-corrected chi connectivity index (χ0v) is 17.6. The minimum Gasteiger partial charge on any atom is -0.496 e. The average molecular weight is 406 g/mol. The van der Waals surface area contributed by atoms with Gasteiger partial charge in [0.05, 0.1) is 18.6 Å². The number of benzene rings is 2. The van der Waals surface area contributed by atoms with Crippen LogP contribution >= 0.6 is 0 Å². The van der Waals surface area contributed by atoms with Gasteiger partial charge in [-0.05, 0) is 37.6 Å². The SMILES string of the molecule is COc1ccccc1[C@@H](C)NCC(=O)Nc1cc(S(=O)(=O)N(C)C)ccc1C. The molecule has 1 amide bonds. The van der Waals surface area contributed by atoms with Crippen LogP contribution in [0.3, 0.4) is 0 Å². The Balaban J connectivity index is 2.07. The number of nitrogens with one attached hydrogen (secondary N) is 2. The number of carbonyl (C=O) groups excluding carboxylic acids is 1. The fraction of sp³-hybridized carbons (Fsp3) is 0.350. The lowest BCUT2D eigenvalue weighted by Gasteiger charge is -2.18. The van der Waals surface area contributed by atoms with Crippen LogP contribution in [0.5, 0.6) is 5.75 Å². The van der Waals surface area contributed by atoms with Gasteiger partial charge in [-0.1, -0.05) is 24.3 Å². The van der Waals surface area contributed by atoms with Crippen LogP contribution in [0, 0.1) is 6.92 Å². The first kappa shape index (κ1) is 21.9. The monoisotopic (exact) mass is 405 g/mol. The summed E-state index contributed by atoms with van der Waals surface area (Å²) in [5.41, 5.74) is 2.21. The molecule has 2 rings (SSSR count). The summed E-state index contributed by atoms with van der Waals surface area (Å²) in [7, 11) is 0.976. The Bertz CT molecular complexity index is 942. The van der Waals surface area contributed by atoms with E-state index in [0.29, 0.717) is 5.69 Å². The Morgan fingerprint density at radius 3 is 2.50 bits per heavy atom. The third kappa shape index (κ3) is 5.09. The van der Waals surface area contributed by atoms with Crippen molar-refractivity contribution in [1.82, 2.24) is 9.62 Å². The Labute approximate surface area is 166 Å². The largest absolute Gasteiger partial charge is 0.496 e. The van der Waals surface area contributed by atoms with Gasteiger partial charge < -0.3 is 15.4 Å². The van der Waals surface area contributed by atoms with E-state index in [4.69, 9.17) is 4.74 Å². The quantitative estimate of drug-likeness (QED) is 0.705. The molecule has 28 heavy (non-hydrogen) atoms. The first-order valence-electron chi connectivity index (χ1n) is 8.86. The Morgan fingerprint density at radius 1 is 1.18 bits per heavy atom. The molecule has 0 aromatic heterocycles. The average Bonchev–Trinajstić information content (AvgIpc) is 2.67. The van der Waals surface area contributed by atoms with Gasteiger partial charge in [0, 0.05) is 31.4 Å². The number of amides is 1. The highest BCUT2D eigenvalue weighted by atomic mass is 32.2. The summed E-state index contributed by atoms with van der Waals surface area (Å²) < 4.78 is 31.1. The molecule has 0 bridgehead atoms. The van der Waals surface area contributed by atoms with Crippen molar-refractivity contribution in [2.45, 2.75) is 24.8 Å². The lowest BCUT2D eigenvalue weighted by Crippen LogP contribution is -2.30. The third-order valence-corrected chi connectivity index (χ3v) is 6.25. The van der Waals surface area contributed by atoms with Crippen molar-refractivity contribution in [2.75, 3.05) is 33.1 Å². The Kier molecular flexibility index (Phi) is 7.17. The first-order valence-corrected chi connectivity index (χ1v) is 10.3. The van der Waals surface area contributed by atoms with E-state index in [1.54, 1.807) is 13.2 Å². The molecule has 0 unspecified atom stereocenters. The summed E-state index contributed by atoms with van der Waals surface area (Å²) in [4.78, 5) is 12.5. The molecule has 2 aromatic carbocycles. The number of rotatable bonds is 8. The normalized spacial score (nSPS) is 12.6. The maximum absolute atomic E-state index is 12.4. The second-order valence-corrected chi connectivity index (χ2v) is 8.81. The van der Waals surface area contributed by atoms with Gasteiger partial charge in [-0.2, -0.15) is 0 Å². The molecule has 1 atom stereocenters. The van der Waals surface area contributed by atoms with Crippen molar-refractivity contribution < 1.29 is 17.9 Å². The second kappa shape index (κ2) is 9.18. The molecule has 152 valence electrons. The van der Waals surface area contributed by atoms with Crippen LogP contribution in [0.4, 0.5) is 5.69 Å². The first-order chi connectivity index (χ1) is 13.2. The van der Waals surface area contributed by atoms with Crippen molar-refractivity contribution in [3.63, 3.8) is 0 Å². The molecule has 0 aliphatic rings. The fourth-order valence-corrected chi connectivity index (χ4v) is 3.61. The number of hydrogen-bond donors (Lipinski definition) is 2. The van der Waals surface area contributed by atoms with Crippen molar-refractivity contribution >= 4 is 21.6 Å². The maximum atomic E-state index is 12.4. The van der Waals surface area contributed by atoms with Gasteiger partial charge in [0.25, 0.3) is 0 Å². The predicted molar refractivity (Wildman–Crippen MR) is 110 cm³/mol. The van der Waals surface area contributed by atoms with E-state index < -0.39 is 10.0 Å². The smallest absolute Gasteiger partial charge is 0.242 e. The molecule has 0 spiro atoms. The second-order valence-electron chi connectivity index (χ2n) is 6.66. The van der Waals surface area contributed by atoms with Crippen molar-refractivity contribution in [3.8, 4) is 5.75 Å². The third-order valence-electron chi connectivity index (χ3n) is 4.44. The summed E-state index contributed by atoms with van der Waals surface area (Å²) in [6.45, 7) is 3.83. The standard InChI is InChI=1S/C20H27N3O4S/c1-14-10-11-16(28(25,26)23(3)4)12-18(14)22-20(24)13-21-15(2)17-8-6-7-9-19(17)27-5/h6-12,15,21H,13H2,1-5H3,(H,22,24)/t15-/m1/s1. The molecular formula is C20H27N3O4S. The van der Waals surface area contributed by atoms with Crippen LogP contribution in [-0.4, -0.2) is 46.4 Å². The van der Waals surface area contributed by atoms with Gasteiger partial charge in [-0.15, -0.1) is 0 Å². The van der Waals surface area contributed by atoms with Crippen LogP contribution in [0.15, 0.2) is 47.4 Å². The zero-order chi connectivity index (χ0) is 20.9. The van der Waals surface area contributed by atoms with E-state index in [0.717, 1.165) is 21.2 Å². The number of ether oxygens (including phenoxy) is 1. The summed E-state index contributed by atoms with van der Waals surface area (Å²) in [6.07, 6.45) is 0. The highest BCUT2D eigenvalue weighted by Gasteiger charge is 2.19. The number of sulfonamides is 1. The number of carbonyl (C=O) groups is 1. The zero-order valence-electron chi connectivity index (χ0n) is 16.8. The van der Waals surface area contributed by atoms with Crippen molar-refractivity contribution in [1.29, 1.82) is 0 Å². The van der Waals surface area contributed by atoms with Crippen LogP contribution in [0.1, 0.15) is 24.1 Å². The predicted octanol–water partition coefficient (Wildman–Crippen LogP) is 2.54. The lowest BCUT2D eigenvalue weighted by atomic mass is 10.1. The van der Waals surface area contributed by atoms with E-state index >= 15 is 0 Å². The number of nitrogens with zero attached hydrogens (tertiary/aromatic N) is 1. The highest BCUT2D eigenvalue weighted by molar-refractivity contribution is 7.89. The van der Waals surface area contributed by atoms with Crippen molar-refractivity contribution in [3.05, 3.63) is 53.6 Å². The van der Waals surface area contributed by atoms with Crippen molar-refractivity contribution in [2.24, 2.45) is 0 Å². The molecule has 0 fully saturated rings. The fourth-order valence-electron chi connectivity index (χ4n) is 2.68. The summed E-state index contributed by atoms with van der Waals surface area (Å²) in [6, 6.07) is 12.2. The molecule has 0 saturated carbocycles. The van der Waals surface area contributed by atoms with Gasteiger partial charge in [0.1, 0.15) is 5.75 Å². The minimum atomic E-state index is -3.57. The number of para-hydroxylation sites is 1. The van der Waals surface area contributed by atoms with E-state index in [9.17, 15) is 13.2 Å². The van der Waals surface area contributed by atoms with Crippen LogP contribution in [0.25, 0.3) is 0 Å². The van der Waals surface area contributed by atoms with Gasteiger partial charge in [-0.25, -0.2) is 12.7 Å². The number of anilines is 1. The molecule has 2 N–H and O–H groups in total. The van der Waals surface area contributed by atoms with Gasteiger partial charge in [-0.3, -0.25) is 4.79 Å². The maximum Gasteiger partial charge on any atom is 0.242 e. The lowest BCUT2D eigenvalue weighted by molar-refractivity contribution is -0.115. The number of hydrogen-bond acceptors (Lipinski definition) is 5. The molecule has 2 aromatic rings. The van der Waals surface area contributed by atoms with Gasteiger partial charge >= 0.3 is 0 Å². The Morgan fingerprint density at radius 2 is 1.86 bits per heavy atom. The molecule has 8 heteroatoms. The Hall–Kier alpha value is -2.42. The highest BCUT2D eigenvalue weighted by Crippen LogP contribution is 2.24. The molecule has 7 nitrogen and oxygen atoms in total. The van der Waals surface area contributed by atoms with Crippen LogP contribution < -0.4 is 15.4 Å². The van der Waals surface area contributed by atoms with Crippen LogP contribution in [0.2, 0.25) is 0 Å². The summed E-state index contributed by atoms with van der Waals surface area (Å²) in [5, 5.41) is 5.94. The molecular weight excluding hydrogens is 378 g/mol. The van der Waals surface area contributed by atoms with E-state index in [2.05, 4.69) is 10.6 Å². The van der Waals surface area contributed by atoms with E-state index in [1.807, 2.05) is 38.1 Å². The number of aryl methyl sites for hydroxylation is 1. The molecule has 0 aliphatic heterocycles. The number of methoxy groups -OCH3 is 1. The van der Waals surface area contributed by atoms with Gasteiger partial charge in [0.2, 0.25) is 15.9 Å². The molecule has 0 radical (unpaired) electrons. The summed E-state index contributed by atoms with van der Waals surface area (Å²) >= 11 is 0. The van der Waals surface area contributed by atoms with Crippen LogP contribution in [-0.2, 0) is 14.8 Å². The van der Waals surface area contributed by atoms with E-state index in [-0.39, 0.29) is 23.4 Å². The topological polar surface area (TPSA) is 87.7 Å². The minimum absolute atomic E-state index is 0.0727. The summed E-state index contributed by atoms with van der Waals surface area (Å²) in [5.74, 6) is 0.490. The van der Waals surface area contributed by atoms with E-state index in [1.165, 1.54) is 26.2 Å².